The van der Waals surface area contributed by atoms with Gasteiger partial charge in [-0.05, 0) is 13.7 Å². The van der Waals surface area contributed by atoms with Crippen LogP contribution in [-0.2, 0) is 0 Å². The predicted octanol–water partition coefficient (Wildman–Crippen LogP) is 2.10. The van der Waals surface area contributed by atoms with Gasteiger partial charge in [-0.15, -0.1) is 0 Å². The van der Waals surface area contributed by atoms with Crippen LogP contribution in [0, 0.1) is 6.92 Å². The van der Waals surface area contributed by atoms with Crippen LogP contribution in [0.15, 0.2) is 6.20 Å². The number of Topliss-reactive ketones (excluding diaryl/α,β-unsaturated/α-hetero) is 2. The molecule has 0 atom stereocenters. The van der Waals surface area contributed by atoms with E-state index in [9.17, 15) is 9.59 Å². The molecule has 0 aliphatic carbocycles. The average molecular weight is 340 g/mol. The number of anilines is 2. The molecule has 0 aliphatic heterocycles. The highest BCUT2D eigenvalue weighted by atomic mass is 32.1. The second kappa shape index (κ2) is 8.02. The van der Waals surface area contributed by atoms with E-state index in [0.717, 1.165) is 5.69 Å². The Kier molecular flexibility index (Phi) is 6.66. The summed E-state index contributed by atoms with van der Waals surface area (Å²) in [6.07, 6.45) is 1.50. The quantitative estimate of drug-likeness (QED) is 0.576. The lowest BCUT2D eigenvalue weighted by molar-refractivity contribution is 0.101. The lowest BCUT2D eigenvalue weighted by Gasteiger charge is -1.98. The topological polar surface area (TPSA) is 118 Å². The Labute approximate surface area is 136 Å². The summed E-state index contributed by atoms with van der Waals surface area (Å²) >= 11 is 2.48. The Morgan fingerprint density at radius 3 is 2.27 bits per heavy atom. The SMILES string of the molecule is CB(O)Nc1ncc(C(C)=O)s1.CC(=O)c1sc(N)nc1C. The molecule has 4 N–H and O–H groups in total. The van der Waals surface area contributed by atoms with Gasteiger partial charge in [-0.3, -0.25) is 9.59 Å². The molecule has 0 fully saturated rings. The van der Waals surface area contributed by atoms with Crippen molar-refractivity contribution in [2.45, 2.75) is 27.6 Å². The largest absolute Gasteiger partial charge is 0.433 e. The van der Waals surface area contributed by atoms with E-state index in [1.54, 1.807) is 13.7 Å². The highest BCUT2D eigenvalue weighted by molar-refractivity contribution is 7.18. The minimum atomic E-state index is -0.643. The Morgan fingerprint density at radius 2 is 1.95 bits per heavy atom. The highest BCUT2D eigenvalue weighted by Crippen LogP contribution is 2.19. The monoisotopic (exact) mass is 340 g/mol. The van der Waals surface area contributed by atoms with Gasteiger partial charge in [-0.2, -0.15) is 0 Å². The van der Waals surface area contributed by atoms with Gasteiger partial charge in [0, 0.05) is 13.8 Å². The number of carbonyl (C=O) groups is 2. The van der Waals surface area contributed by atoms with Gasteiger partial charge in [0.25, 0.3) is 0 Å². The fourth-order valence-corrected chi connectivity index (χ4v) is 2.95. The fourth-order valence-electron chi connectivity index (χ4n) is 1.43. The van der Waals surface area contributed by atoms with E-state index in [0.29, 0.717) is 20.0 Å². The summed E-state index contributed by atoms with van der Waals surface area (Å²) < 4.78 is 0. The van der Waals surface area contributed by atoms with E-state index >= 15 is 0 Å². The first-order valence-corrected chi connectivity index (χ1v) is 7.99. The van der Waals surface area contributed by atoms with Crippen molar-refractivity contribution in [3.63, 3.8) is 0 Å². The third-order valence-electron chi connectivity index (χ3n) is 2.32. The normalized spacial score (nSPS) is 9.68. The second-order valence-corrected chi connectivity index (χ2v) is 6.49. The summed E-state index contributed by atoms with van der Waals surface area (Å²) in [4.78, 5) is 30.7. The van der Waals surface area contributed by atoms with E-state index in [4.69, 9.17) is 10.8 Å². The molecule has 0 bridgehead atoms. The van der Waals surface area contributed by atoms with Crippen LogP contribution in [0.1, 0.15) is 38.9 Å². The maximum Gasteiger partial charge on any atom is 0.408 e. The maximum absolute atomic E-state index is 10.8. The van der Waals surface area contributed by atoms with Crippen LogP contribution in [0.2, 0.25) is 6.82 Å². The van der Waals surface area contributed by atoms with Crippen molar-refractivity contribution < 1.29 is 14.6 Å². The van der Waals surface area contributed by atoms with E-state index in [2.05, 4.69) is 15.2 Å². The summed E-state index contributed by atoms with van der Waals surface area (Å²) in [6.45, 7) is 6.37. The van der Waals surface area contributed by atoms with E-state index in [1.165, 1.54) is 42.7 Å². The van der Waals surface area contributed by atoms with Gasteiger partial charge in [0.05, 0.1) is 21.6 Å². The summed E-state index contributed by atoms with van der Waals surface area (Å²) in [6, 6.07) is 0. The number of nitrogens with zero attached hydrogens (tertiary/aromatic N) is 2. The van der Waals surface area contributed by atoms with Crippen molar-refractivity contribution >= 4 is 51.6 Å². The molecular formula is C12H17BN4O3S2. The Hall–Kier alpha value is -1.78. The van der Waals surface area contributed by atoms with Crippen LogP contribution in [0.3, 0.4) is 0 Å². The second-order valence-electron chi connectivity index (χ2n) is 4.43. The molecule has 0 saturated heterocycles. The number of hydrogen-bond donors (Lipinski definition) is 3. The van der Waals surface area contributed by atoms with Gasteiger partial charge < -0.3 is 16.0 Å². The third kappa shape index (κ3) is 5.55. The molecule has 0 saturated carbocycles. The zero-order chi connectivity index (χ0) is 16.9. The zero-order valence-corrected chi connectivity index (χ0v) is 14.3. The van der Waals surface area contributed by atoms with E-state index < -0.39 is 7.05 Å². The highest BCUT2D eigenvalue weighted by Gasteiger charge is 2.09. The molecule has 0 unspecified atom stereocenters. The maximum atomic E-state index is 10.8. The van der Waals surface area contributed by atoms with Crippen molar-refractivity contribution in [1.29, 1.82) is 0 Å². The predicted molar refractivity (Wildman–Crippen MR) is 90.8 cm³/mol. The Balaban J connectivity index is 0.000000224. The Bertz CT molecular complexity index is 669. The van der Waals surface area contributed by atoms with Crippen LogP contribution in [0.25, 0.3) is 0 Å². The first-order valence-electron chi connectivity index (χ1n) is 6.36. The number of thiazole rings is 2. The lowest BCUT2D eigenvalue weighted by Crippen LogP contribution is -2.18. The van der Waals surface area contributed by atoms with Gasteiger partial charge >= 0.3 is 7.05 Å². The summed E-state index contributed by atoms with van der Waals surface area (Å²) in [5.41, 5.74) is 6.10. The third-order valence-corrected chi connectivity index (χ3v) is 4.43. The minimum Gasteiger partial charge on any atom is -0.433 e. The first kappa shape index (κ1) is 18.3. The molecule has 2 aromatic rings. The molecule has 0 aliphatic rings. The molecule has 7 nitrogen and oxygen atoms in total. The fraction of sp³-hybridized carbons (Fsp3) is 0.333. The molecule has 0 spiro atoms. The molecule has 2 rings (SSSR count). The number of nitrogen functional groups attached to an aromatic ring is 1. The Morgan fingerprint density at radius 1 is 1.32 bits per heavy atom. The average Bonchev–Trinajstić information content (AvgIpc) is 2.96. The van der Waals surface area contributed by atoms with Gasteiger partial charge in [0.2, 0.25) is 0 Å². The van der Waals surface area contributed by atoms with Gasteiger partial charge in [0.1, 0.15) is 0 Å². The van der Waals surface area contributed by atoms with E-state index in [-0.39, 0.29) is 11.6 Å². The molecule has 2 heterocycles. The van der Waals surface area contributed by atoms with Crippen molar-refractivity contribution in [2.24, 2.45) is 0 Å². The van der Waals surface area contributed by atoms with Gasteiger partial charge in [-0.25, -0.2) is 9.97 Å². The minimum absolute atomic E-state index is 0.00820. The number of ketones is 2. The van der Waals surface area contributed by atoms with Crippen molar-refractivity contribution in [2.75, 3.05) is 11.0 Å². The molecule has 2 aromatic heterocycles. The van der Waals surface area contributed by atoms with Crippen molar-refractivity contribution in [1.82, 2.24) is 9.97 Å². The number of hydrogen-bond acceptors (Lipinski definition) is 9. The molecule has 0 radical (unpaired) electrons. The molecule has 10 heteroatoms. The first-order chi connectivity index (χ1) is 10.2. The summed E-state index contributed by atoms with van der Waals surface area (Å²) in [5, 5.41) is 12.6. The number of aryl methyl sites for hydroxylation is 1. The number of aromatic nitrogens is 2. The van der Waals surface area contributed by atoms with Gasteiger partial charge in [-0.1, -0.05) is 22.7 Å². The molecular weight excluding hydrogens is 323 g/mol. The number of nitrogens with one attached hydrogen (secondary N) is 1. The lowest BCUT2D eigenvalue weighted by atomic mass is 9.90. The molecule has 0 aromatic carbocycles. The molecule has 118 valence electrons. The number of nitrogens with two attached hydrogens (primary N) is 1. The van der Waals surface area contributed by atoms with Crippen LogP contribution in [-0.4, -0.2) is 33.6 Å². The zero-order valence-electron chi connectivity index (χ0n) is 12.7. The molecule has 22 heavy (non-hydrogen) atoms. The summed E-state index contributed by atoms with van der Waals surface area (Å²) in [5.74, 6) is 0.0258. The number of rotatable bonds is 4. The number of carbonyl (C=O) groups excluding carboxylic acids is 2. The molecule has 0 amide bonds. The van der Waals surface area contributed by atoms with Crippen LogP contribution < -0.4 is 11.0 Å². The van der Waals surface area contributed by atoms with Crippen LogP contribution >= 0.6 is 22.7 Å². The van der Waals surface area contributed by atoms with Crippen LogP contribution in [0.5, 0.6) is 0 Å². The van der Waals surface area contributed by atoms with Crippen LogP contribution in [0.4, 0.5) is 10.3 Å². The van der Waals surface area contributed by atoms with Crippen molar-refractivity contribution in [3.8, 4) is 0 Å². The standard InChI is InChI=1S/C6H9BN2O2S.C6H8N2OS/c1-4(10)5-3-8-6(12-5)9-7(2)11;1-3-5(4(2)9)10-6(7)8-3/h3,11H,1-2H3,(H,8,9);1-2H3,(H2,7,8). The van der Waals surface area contributed by atoms with E-state index in [1.807, 2.05) is 0 Å². The van der Waals surface area contributed by atoms with Crippen molar-refractivity contribution in [3.05, 3.63) is 21.6 Å². The smallest absolute Gasteiger partial charge is 0.408 e. The van der Waals surface area contributed by atoms with Gasteiger partial charge in [0.15, 0.2) is 21.8 Å². The summed E-state index contributed by atoms with van der Waals surface area (Å²) in [7, 11) is -0.643.